The van der Waals surface area contributed by atoms with Crippen molar-refractivity contribution in [3.05, 3.63) is 53.5 Å². The van der Waals surface area contributed by atoms with Crippen molar-refractivity contribution in [1.82, 2.24) is 20.2 Å². The van der Waals surface area contributed by atoms with Gasteiger partial charge in [-0.25, -0.2) is 14.5 Å². The number of nitrogens with one attached hydrogen (secondary N) is 2. The van der Waals surface area contributed by atoms with E-state index >= 15 is 0 Å². The third kappa shape index (κ3) is 7.32. The summed E-state index contributed by atoms with van der Waals surface area (Å²) in [4.78, 5) is 23.3. The van der Waals surface area contributed by atoms with Crippen LogP contribution in [0.5, 0.6) is 0 Å². The molecule has 0 bridgehead atoms. The van der Waals surface area contributed by atoms with Crippen LogP contribution in [0, 0.1) is 5.92 Å². The Hall–Kier alpha value is -2.84. The standard InChI is InChI=1S/C27H38N6O2/c1-3-32(2)16-20-8-10-23(11-9-20)31-26-14-25(29-19-30-26)27(35)28-15-24(34)18-33-13-12-21-6-4-5-7-22(21)17-33/h4-7,14,16,19-20,23-24,34H,3,8-13,15,17-18H2,1-2H3,(H-,28,29,30,31,35)/p+1/b32-16+/t20?,23?,24-/m0/s1. The molecule has 0 spiro atoms. The molecule has 4 rings (SSSR count). The predicted octanol–water partition coefficient (Wildman–Crippen LogP) is 2.33. The first-order valence-electron chi connectivity index (χ1n) is 12.9. The second kappa shape index (κ2) is 12.2. The fourth-order valence-electron chi connectivity index (χ4n) is 5.02. The van der Waals surface area contributed by atoms with Gasteiger partial charge in [0.1, 0.15) is 37.6 Å². The average Bonchev–Trinajstić information content (AvgIpc) is 2.88. The molecule has 1 aromatic carbocycles. The number of nitrogens with zero attached hydrogens (tertiary/aromatic N) is 4. The maximum absolute atomic E-state index is 12.7. The normalized spacial score (nSPS) is 21.7. The molecular formula is C27H39N6O2+. The van der Waals surface area contributed by atoms with Crippen LogP contribution in [-0.4, -0.2) is 82.0 Å². The highest BCUT2D eigenvalue weighted by atomic mass is 16.3. The van der Waals surface area contributed by atoms with Crippen LogP contribution >= 0.6 is 0 Å². The summed E-state index contributed by atoms with van der Waals surface area (Å²) in [5.74, 6) is 1.02. The Morgan fingerprint density at radius 2 is 2.00 bits per heavy atom. The fourth-order valence-corrected chi connectivity index (χ4v) is 5.02. The van der Waals surface area contributed by atoms with Crippen molar-refractivity contribution < 1.29 is 14.5 Å². The molecule has 188 valence electrons. The Balaban J connectivity index is 1.22. The van der Waals surface area contributed by atoms with E-state index in [4.69, 9.17) is 0 Å². The maximum atomic E-state index is 12.7. The third-order valence-electron chi connectivity index (χ3n) is 7.16. The highest BCUT2D eigenvalue weighted by Gasteiger charge is 2.23. The number of hydrogen-bond acceptors (Lipinski definition) is 6. The minimum absolute atomic E-state index is 0.191. The predicted molar refractivity (Wildman–Crippen MR) is 138 cm³/mol. The number of aliphatic hydroxyl groups excluding tert-OH is 1. The summed E-state index contributed by atoms with van der Waals surface area (Å²) in [5, 5.41) is 16.8. The molecule has 2 heterocycles. The molecule has 35 heavy (non-hydrogen) atoms. The highest BCUT2D eigenvalue weighted by molar-refractivity contribution is 5.92. The van der Waals surface area contributed by atoms with Crippen molar-refractivity contribution in [3.8, 4) is 0 Å². The van der Waals surface area contributed by atoms with Crippen molar-refractivity contribution in [2.75, 3.05) is 38.5 Å². The van der Waals surface area contributed by atoms with E-state index in [9.17, 15) is 9.90 Å². The van der Waals surface area contributed by atoms with Gasteiger partial charge in [0.05, 0.1) is 6.10 Å². The second-order valence-corrected chi connectivity index (χ2v) is 9.88. The molecule has 0 radical (unpaired) electrons. The van der Waals surface area contributed by atoms with E-state index < -0.39 is 6.10 Å². The molecule has 2 aliphatic rings. The number of aromatic nitrogens is 2. The Labute approximate surface area is 208 Å². The van der Waals surface area contributed by atoms with Crippen LogP contribution in [0.3, 0.4) is 0 Å². The van der Waals surface area contributed by atoms with Crippen LogP contribution in [0.25, 0.3) is 0 Å². The number of β-amino-alcohol motifs (C(OH)–C–C–N with tert-alkyl or cyclic N) is 1. The quantitative estimate of drug-likeness (QED) is 0.378. The number of anilines is 1. The van der Waals surface area contributed by atoms with Gasteiger partial charge in [0.15, 0.2) is 0 Å². The van der Waals surface area contributed by atoms with E-state index in [0.717, 1.165) is 51.7 Å². The molecule has 8 nitrogen and oxygen atoms in total. The summed E-state index contributed by atoms with van der Waals surface area (Å²) in [6, 6.07) is 10.5. The van der Waals surface area contributed by atoms with E-state index in [1.807, 2.05) is 0 Å². The number of carbonyl (C=O) groups is 1. The molecule has 0 saturated heterocycles. The number of benzene rings is 1. The van der Waals surface area contributed by atoms with E-state index in [2.05, 4.69) is 74.5 Å². The van der Waals surface area contributed by atoms with Crippen molar-refractivity contribution in [3.63, 3.8) is 0 Å². The molecule has 8 heteroatoms. The van der Waals surface area contributed by atoms with Crippen LogP contribution in [0.2, 0.25) is 0 Å². The van der Waals surface area contributed by atoms with Gasteiger partial charge in [-0.2, -0.15) is 0 Å². The van der Waals surface area contributed by atoms with Gasteiger partial charge < -0.3 is 15.7 Å². The Morgan fingerprint density at radius 3 is 2.77 bits per heavy atom. The minimum Gasteiger partial charge on any atom is -0.390 e. The van der Waals surface area contributed by atoms with Crippen LogP contribution in [0.15, 0.2) is 36.7 Å². The van der Waals surface area contributed by atoms with Crippen molar-refractivity contribution in [2.24, 2.45) is 5.92 Å². The molecule has 1 saturated carbocycles. The van der Waals surface area contributed by atoms with Crippen LogP contribution in [-0.2, 0) is 13.0 Å². The summed E-state index contributed by atoms with van der Waals surface area (Å²) in [6.07, 6.45) is 8.59. The van der Waals surface area contributed by atoms with Gasteiger partial charge in [-0.3, -0.25) is 9.69 Å². The first kappa shape index (κ1) is 25.3. The van der Waals surface area contributed by atoms with Gasteiger partial charge >= 0.3 is 0 Å². The molecular weight excluding hydrogens is 440 g/mol. The average molecular weight is 480 g/mol. The van der Waals surface area contributed by atoms with E-state index in [-0.39, 0.29) is 12.5 Å². The minimum atomic E-state index is -0.637. The molecule has 1 aliphatic heterocycles. The van der Waals surface area contributed by atoms with Gasteiger partial charge in [0, 0.05) is 44.2 Å². The van der Waals surface area contributed by atoms with Crippen molar-refractivity contribution >= 4 is 17.9 Å². The Morgan fingerprint density at radius 1 is 1.23 bits per heavy atom. The first-order valence-corrected chi connectivity index (χ1v) is 12.9. The lowest BCUT2D eigenvalue weighted by Crippen LogP contribution is -2.42. The van der Waals surface area contributed by atoms with Gasteiger partial charge in [0.2, 0.25) is 0 Å². The number of fused-ring (bicyclic) bond motifs is 1. The fraction of sp³-hybridized carbons (Fsp3) is 0.556. The molecule has 0 unspecified atom stereocenters. The van der Waals surface area contributed by atoms with Crippen LogP contribution in [0.1, 0.15) is 54.2 Å². The second-order valence-electron chi connectivity index (χ2n) is 9.88. The molecule has 3 N–H and O–H groups in total. The number of carbonyl (C=O) groups excluding carboxylic acids is 1. The third-order valence-corrected chi connectivity index (χ3v) is 7.16. The molecule has 1 aromatic heterocycles. The number of rotatable bonds is 9. The lowest BCUT2D eigenvalue weighted by molar-refractivity contribution is -0.490. The Kier molecular flexibility index (Phi) is 8.82. The van der Waals surface area contributed by atoms with E-state index in [1.54, 1.807) is 6.07 Å². The van der Waals surface area contributed by atoms with Gasteiger partial charge in [-0.05, 0) is 50.2 Å². The molecule has 2 aromatic rings. The van der Waals surface area contributed by atoms with Crippen LogP contribution < -0.4 is 10.6 Å². The number of aliphatic hydroxyl groups is 1. The number of amides is 1. The summed E-state index contributed by atoms with van der Waals surface area (Å²) in [5.41, 5.74) is 3.01. The highest BCUT2D eigenvalue weighted by Crippen LogP contribution is 2.25. The van der Waals surface area contributed by atoms with E-state index in [0.29, 0.717) is 30.0 Å². The molecule has 1 amide bonds. The van der Waals surface area contributed by atoms with Gasteiger partial charge in [0.25, 0.3) is 5.91 Å². The van der Waals surface area contributed by atoms with Gasteiger partial charge in [-0.1, -0.05) is 24.3 Å². The summed E-state index contributed by atoms with van der Waals surface area (Å²) in [7, 11) is 2.13. The van der Waals surface area contributed by atoms with Crippen LogP contribution in [0.4, 0.5) is 5.82 Å². The first-order chi connectivity index (χ1) is 17.0. The Bertz CT molecular complexity index is 1020. The topological polar surface area (TPSA) is 93.4 Å². The van der Waals surface area contributed by atoms with E-state index in [1.165, 1.54) is 17.5 Å². The lowest BCUT2D eigenvalue weighted by Gasteiger charge is -2.30. The zero-order valence-electron chi connectivity index (χ0n) is 21.0. The molecule has 1 aliphatic carbocycles. The summed E-state index contributed by atoms with van der Waals surface area (Å²) < 4.78 is 2.26. The smallest absolute Gasteiger partial charge is 0.270 e. The molecule has 1 fully saturated rings. The lowest BCUT2D eigenvalue weighted by atomic mass is 9.86. The molecule has 1 atom stereocenters. The summed E-state index contributed by atoms with van der Waals surface area (Å²) in [6.45, 7) is 5.67. The van der Waals surface area contributed by atoms with Crippen molar-refractivity contribution in [2.45, 2.75) is 57.7 Å². The summed E-state index contributed by atoms with van der Waals surface area (Å²) >= 11 is 0. The zero-order valence-corrected chi connectivity index (χ0v) is 21.0. The largest absolute Gasteiger partial charge is 0.390 e. The van der Waals surface area contributed by atoms with Crippen molar-refractivity contribution in [1.29, 1.82) is 0 Å². The SMILES string of the molecule is CC/[N+](C)=C/C1CCC(Nc2cc(C(=O)NC[C@H](O)CN3CCc4ccccc4C3)ncn2)CC1. The zero-order chi connectivity index (χ0) is 24.6. The maximum Gasteiger partial charge on any atom is 0.270 e. The van der Waals surface area contributed by atoms with Gasteiger partial charge in [-0.15, -0.1) is 0 Å². The number of hydrogen-bond donors (Lipinski definition) is 3. The monoisotopic (exact) mass is 479 g/mol.